The second-order valence-corrected chi connectivity index (χ2v) is 9.90. The van der Waals surface area contributed by atoms with Crippen molar-refractivity contribution in [2.45, 2.75) is 44.3 Å². The zero-order chi connectivity index (χ0) is 20.7. The minimum absolute atomic E-state index is 0.0808. The number of nitrogens with one attached hydrogen (secondary N) is 1. The van der Waals surface area contributed by atoms with Crippen LogP contribution in [0.25, 0.3) is 32.4 Å². The molecule has 0 saturated carbocycles. The average molecular weight is 441 g/mol. The van der Waals surface area contributed by atoms with Crippen LogP contribution < -0.4 is 16.2 Å². The zero-order valence-corrected chi connectivity index (χ0v) is 18.2. The summed E-state index contributed by atoms with van der Waals surface area (Å²) >= 11 is 8.30. The smallest absolute Gasteiger partial charge is 0.264 e. The van der Waals surface area contributed by atoms with E-state index in [9.17, 15) is 4.79 Å². The SMILES string of the molecule is Cc1nc2ccc(-c3c[nH]c4nc(N5C6CC[C@H]5C[C@H]6N)n(C)c(=O)c34)c(Cl)c2s1. The zero-order valence-electron chi connectivity index (χ0n) is 16.6. The van der Waals surface area contributed by atoms with Crippen LogP contribution in [0.2, 0.25) is 5.02 Å². The van der Waals surface area contributed by atoms with Gasteiger partial charge in [0, 0.05) is 42.5 Å². The summed E-state index contributed by atoms with van der Waals surface area (Å²) in [5.74, 6) is 0.695. The van der Waals surface area contributed by atoms with E-state index in [4.69, 9.17) is 22.3 Å². The number of thiazole rings is 1. The lowest BCUT2D eigenvalue weighted by Crippen LogP contribution is -2.40. The van der Waals surface area contributed by atoms with Crippen LogP contribution in [-0.4, -0.2) is 37.6 Å². The van der Waals surface area contributed by atoms with E-state index < -0.39 is 0 Å². The second kappa shape index (κ2) is 6.29. The monoisotopic (exact) mass is 440 g/mol. The Morgan fingerprint density at radius 2 is 2.10 bits per heavy atom. The molecule has 1 aromatic carbocycles. The number of halogens is 1. The van der Waals surface area contributed by atoms with E-state index in [0.29, 0.717) is 28.0 Å². The van der Waals surface area contributed by atoms with Crippen molar-refractivity contribution in [3.63, 3.8) is 0 Å². The maximum absolute atomic E-state index is 13.4. The van der Waals surface area contributed by atoms with E-state index in [1.165, 1.54) is 0 Å². The van der Waals surface area contributed by atoms with Crippen LogP contribution in [0.5, 0.6) is 0 Å². The highest BCUT2D eigenvalue weighted by Gasteiger charge is 2.46. The molecule has 0 radical (unpaired) electrons. The Bertz CT molecular complexity index is 1390. The Labute approximate surface area is 181 Å². The summed E-state index contributed by atoms with van der Waals surface area (Å²) in [7, 11) is 1.79. The summed E-state index contributed by atoms with van der Waals surface area (Å²) < 4.78 is 2.59. The van der Waals surface area contributed by atoms with Gasteiger partial charge in [-0.25, -0.2) is 4.98 Å². The minimum Gasteiger partial charge on any atom is -0.345 e. The van der Waals surface area contributed by atoms with Crippen molar-refractivity contribution in [1.82, 2.24) is 19.5 Å². The topological polar surface area (TPSA) is 92.8 Å². The fourth-order valence-electron chi connectivity index (χ4n) is 5.22. The number of nitrogens with zero attached hydrogens (tertiary/aromatic N) is 4. The van der Waals surface area contributed by atoms with Crippen LogP contribution in [0.1, 0.15) is 24.3 Å². The van der Waals surface area contributed by atoms with Crippen molar-refractivity contribution in [3.05, 3.63) is 38.7 Å². The van der Waals surface area contributed by atoms with Crippen LogP contribution in [0.4, 0.5) is 5.95 Å². The number of fused-ring (bicyclic) bond motifs is 4. The molecule has 154 valence electrons. The first-order valence-electron chi connectivity index (χ1n) is 10.1. The number of aromatic amines is 1. The molecule has 2 saturated heterocycles. The lowest BCUT2D eigenvalue weighted by atomic mass is 9.97. The number of anilines is 1. The first-order valence-corrected chi connectivity index (χ1v) is 11.3. The largest absolute Gasteiger partial charge is 0.345 e. The summed E-state index contributed by atoms with van der Waals surface area (Å²) in [6, 6.07) is 4.64. The fraction of sp³-hybridized carbons (Fsp3) is 0.381. The predicted octanol–water partition coefficient (Wildman–Crippen LogP) is 3.57. The fourth-order valence-corrected chi connectivity index (χ4v) is 6.45. The number of aryl methyl sites for hydroxylation is 1. The van der Waals surface area contributed by atoms with Crippen LogP contribution in [0.3, 0.4) is 0 Å². The van der Waals surface area contributed by atoms with Gasteiger partial charge in [0.15, 0.2) is 0 Å². The van der Waals surface area contributed by atoms with Gasteiger partial charge in [-0.05, 0) is 32.3 Å². The van der Waals surface area contributed by atoms with Crippen LogP contribution in [-0.2, 0) is 7.05 Å². The molecule has 1 unspecified atom stereocenters. The highest BCUT2D eigenvalue weighted by Crippen LogP contribution is 2.41. The summed E-state index contributed by atoms with van der Waals surface area (Å²) in [5.41, 5.74) is 9.27. The third-order valence-electron chi connectivity index (χ3n) is 6.60. The number of H-pyrrole nitrogens is 1. The van der Waals surface area contributed by atoms with Gasteiger partial charge in [0.2, 0.25) is 5.95 Å². The first kappa shape index (κ1) is 18.4. The van der Waals surface area contributed by atoms with Crippen molar-refractivity contribution < 1.29 is 0 Å². The normalized spacial score (nSPS) is 23.3. The number of hydrogen-bond acceptors (Lipinski definition) is 6. The van der Waals surface area contributed by atoms with Gasteiger partial charge in [0.25, 0.3) is 5.56 Å². The third kappa shape index (κ3) is 2.38. The Balaban J connectivity index is 1.55. The van der Waals surface area contributed by atoms with Gasteiger partial charge in [-0.3, -0.25) is 9.36 Å². The highest BCUT2D eigenvalue weighted by atomic mass is 35.5. The Hall–Kier alpha value is -2.42. The summed E-state index contributed by atoms with van der Waals surface area (Å²) in [5, 5.41) is 2.14. The average Bonchev–Trinajstić information content (AvgIpc) is 3.46. The standard InChI is InChI=1S/C21H21ClN6OS/c1-9-25-14-5-4-11(17(22)18(14)30-9)12-8-24-19-16(12)20(29)27(2)21(26-19)28-10-3-6-15(28)13(23)7-10/h4-5,8,10,13,15,24H,3,6-7,23H2,1-2H3/t10-,13+,15?/m0/s1. The van der Waals surface area contributed by atoms with Crippen LogP contribution in [0.15, 0.2) is 23.1 Å². The van der Waals surface area contributed by atoms with E-state index in [-0.39, 0.29) is 17.6 Å². The molecule has 3 aromatic heterocycles. The van der Waals surface area contributed by atoms with Crippen molar-refractivity contribution in [3.8, 4) is 11.1 Å². The summed E-state index contributed by atoms with van der Waals surface area (Å²) in [6.07, 6.45) is 4.94. The minimum atomic E-state index is -0.0808. The van der Waals surface area contributed by atoms with E-state index >= 15 is 0 Å². The van der Waals surface area contributed by atoms with Gasteiger partial charge in [-0.1, -0.05) is 17.7 Å². The summed E-state index contributed by atoms with van der Waals surface area (Å²) in [6.45, 7) is 1.96. The van der Waals surface area contributed by atoms with Gasteiger partial charge in [0.05, 0.1) is 25.6 Å². The quantitative estimate of drug-likeness (QED) is 0.497. The van der Waals surface area contributed by atoms with Gasteiger partial charge >= 0.3 is 0 Å². The molecule has 0 amide bonds. The van der Waals surface area contributed by atoms with E-state index in [2.05, 4.69) is 14.9 Å². The van der Waals surface area contributed by atoms with Crippen LogP contribution >= 0.6 is 22.9 Å². The summed E-state index contributed by atoms with van der Waals surface area (Å²) in [4.78, 5) is 28.3. The maximum atomic E-state index is 13.4. The Morgan fingerprint density at radius 1 is 1.27 bits per heavy atom. The van der Waals surface area contributed by atoms with Gasteiger partial charge in [-0.15, -0.1) is 11.3 Å². The van der Waals surface area contributed by atoms with Crippen LogP contribution in [0, 0.1) is 6.92 Å². The van der Waals surface area contributed by atoms with Crippen molar-refractivity contribution in [1.29, 1.82) is 0 Å². The molecule has 5 heterocycles. The number of benzene rings is 1. The Kier molecular flexibility index (Phi) is 3.85. The molecule has 2 aliphatic rings. The molecule has 3 N–H and O–H groups in total. The second-order valence-electron chi connectivity index (χ2n) is 8.32. The number of hydrogen-bond donors (Lipinski definition) is 2. The maximum Gasteiger partial charge on any atom is 0.264 e. The molecule has 3 atom stereocenters. The molecule has 7 nitrogen and oxygen atoms in total. The molecule has 2 aliphatic heterocycles. The molecule has 2 bridgehead atoms. The van der Waals surface area contributed by atoms with Crippen molar-refractivity contribution in [2.24, 2.45) is 12.8 Å². The predicted molar refractivity (Wildman–Crippen MR) is 122 cm³/mol. The molecule has 0 aliphatic carbocycles. The molecule has 0 spiro atoms. The number of nitrogens with two attached hydrogens (primary N) is 1. The molecular formula is C21H21ClN6OS. The molecule has 4 aromatic rings. The van der Waals surface area contributed by atoms with Gasteiger partial charge in [0.1, 0.15) is 5.65 Å². The van der Waals surface area contributed by atoms with Crippen molar-refractivity contribution in [2.75, 3.05) is 4.90 Å². The van der Waals surface area contributed by atoms with E-state index in [0.717, 1.165) is 45.6 Å². The molecule has 2 fully saturated rings. The molecule has 9 heteroatoms. The van der Waals surface area contributed by atoms with E-state index in [1.807, 2.05) is 25.3 Å². The lowest BCUT2D eigenvalue weighted by molar-refractivity contribution is 0.503. The third-order valence-corrected chi connectivity index (χ3v) is 8.11. The highest BCUT2D eigenvalue weighted by molar-refractivity contribution is 7.19. The first-order chi connectivity index (χ1) is 14.4. The van der Waals surface area contributed by atoms with E-state index in [1.54, 1.807) is 23.0 Å². The molecule has 6 rings (SSSR count). The lowest BCUT2D eigenvalue weighted by Gasteiger charge is -2.25. The number of aromatic nitrogens is 4. The Morgan fingerprint density at radius 3 is 2.83 bits per heavy atom. The number of rotatable bonds is 2. The molecule has 30 heavy (non-hydrogen) atoms. The molecular weight excluding hydrogens is 420 g/mol. The van der Waals surface area contributed by atoms with Gasteiger partial charge < -0.3 is 15.6 Å². The van der Waals surface area contributed by atoms with Gasteiger partial charge in [-0.2, -0.15) is 4.98 Å². The van der Waals surface area contributed by atoms with Crippen molar-refractivity contribution >= 4 is 50.1 Å².